The van der Waals surface area contributed by atoms with Crippen molar-refractivity contribution in [1.82, 2.24) is 4.90 Å². The lowest BCUT2D eigenvalue weighted by molar-refractivity contribution is 0.207. The van der Waals surface area contributed by atoms with Gasteiger partial charge in [-0.05, 0) is 12.0 Å². The zero-order valence-corrected chi connectivity index (χ0v) is 15.5. The zero-order valence-electron chi connectivity index (χ0n) is 15.5. The Hall–Kier alpha value is -2.50. The van der Waals surface area contributed by atoms with Gasteiger partial charge in [-0.1, -0.05) is 62.9 Å². The molecule has 1 N–H and O–H groups in total. The standard InChI is InChI=1S/C21H25F3N2O/c1-2-3-4-5-9-12-26(15-16-10-7-6-8-11-16)21(27)25-20-18(23)13-17(22)14-19(20)24/h6-8,10-11,13-14H,2-5,9,12,15H2,1H3,(H,25,27). The van der Waals surface area contributed by atoms with Crippen LogP contribution < -0.4 is 5.32 Å². The Bertz CT molecular complexity index is 714. The molecule has 0 saturated heterocycles. The Balaban J connectivity index is 2.07. The quantitative estimate of drug-likeness (QED) is 0.525. The van der Waals surface area contributed by atoms with Crippen LogP contribution in [0.2, 0.25) is 0 Å². The maximum Gasteiger partial charge on any atom is 0.322 e. The molecule has 0 saturated carbocycles. The highest BCUT2D eigenvalue weighted by molar-refractivity contribution is 5.89. The number of halogens is 3. The summed E-state index contributed by atoms with van der Waals surface area (Å²) in [6.45, 7) is 2.92. The molecule has 2 aromatic rings. The molecular weight excluding hydrogens is 353 g/mol. The second kappa shape index (κ2) is 10.6. The van der Waals surface area contributed by atoms with E-state index in [9.17, 15) is 18.0 Å². The van der Waals surface area contributed by atoms with Gasteiger partial charge in [0.25, 0.3) is 0 Å². The molecule has 0 unspecified atom stereocenters. The largest absolute Gasteiger partial charge is 0.322 e. The van der Waals surface area contributed by atoms with E-state index in [1.165, 1.54) is 4.90 Å². The summed E-state index contributed by atoms with van der Waals surface area (Å²) < 4.78 is 40.7. The summed E-state index contributed by atoms with van der Waals surface area (Å²) in [5.41, 5.74) is 0.284. The van der Waals surface area contributed by atoms with Gasteiger partial charge < -0.3 is 10.2 Å². The number of amides is 2. The molecule has 0 aliphatic heterocycles. The minimum atomic E-state index is -1.14. The lowest BCUT2D eigenvalue weighted by Gasteiger charge is -2.23. The molecule has 0 bridgehead atoms. The first-order valence-corrected chi connectivity index (χ1v) is 9.25. The van der Waals surface area contributed by atoms with E-state index in [4.69, 9.17) is 0 Å². The van der Waals surface area contributed by atoms with Gasteiger partial charge in [0.1, 0.15) is 11.5 Å². The van der Waals surface area contributed by atoms with Crippen molar-refractivity contribution in [3.63, 3.8) is 0 Å². The number of anilines is 1. The van der Waals surface area contributed by atoms with Gasteiger partial charge in [0.2, 0.25) is 0 Å². The summed E-state index contributed by atoms with van der Waals surface area (Å²) in [6, 6.07) is 9.86. The van der Waals surface area contributed by atoms with Crippen LogP contribution in [-0.2, 0) is 6.54 Å². The number of rotatable bonds is 9. The molecule has 3 nitrogen and oxygen atoms in total. The van der Waals surface area contributed by atoms with E-state index >= 15 is 0 Å². The Morgan fingerprint density at radius 1 is 0.963 bits per heavy atom. The number of urea groups is 1. The van der Waals surface area contributed by atoms with Crippen molar-refractivity contribution in [3.8, 4) is 0 Å². The summed E-state index contributed by atoms with van der Waals surface area (Å²) in [4.78, 5) is 14.1. The summed E-state index contributed by atoms with van der Waals surface area (Å²) in [5.74, 6) is -3.30. The molecule has 0 radical (unpaired) electrons. The Morgan fingerprint density at radius 3 is 2.22 bits per heavy atom. The number of hydrogen-bond acceptors (Lipinski definition) is 1. The third kappa shape index (κ3) is 6.62. The van der Waals surface area contributed by atoms with E-state index in [-0.39, 0.29) is 0 Å². The summed E-state index contributed by atoms with van der Waals surface area (Å²) in [7, 11) is 0. The number of unbranched alkanes of at least 4 members (excludes halogenated alkanes) is 4. The van der Waals surface area contributed by atoms with Crippen LogP contribution in [0.5, 0.6) is 0 Å². The van der Waals surface area contributed by atoms with Crippen LogP contribution >= 0.6 is 0 Å². The molecule has 0 fully saturated rings. The Labute approximate surface area is 158 Å². The minimum absolute atomic E-state index is 0.324. The summed E-state index contributed by atoms with van der Waals surface area (Å²) in [6.07, 6.45) is 5.12. The second-order valence-corrected chi connectivity index (χ2v) is 6.50. The van der Waals surface area contributed by atoms with Crippen LogP contribution in [0.15, 0.2) is 42.5 Å². The fourth-order valence-electron chi connectivity index (χ4n) is 2.81. The molecular formula is C21H25F3N2O. The van der Waals surface area contributed by atoms with Gasteiger partial charge in [-0.2, -0.15) is 0 Å². The van der Waals surface area contributed by atoms with Gasteiger partial charge >= 0.3 is 6.03 Å². The van der Waals surface area contributed by atoms with Gasteiger partial charge in [-0.25, -0.2) is 18.0 Å². The van der Waals surface area contributed by atoms with Crippen LogP contribution in [0.1, 0.15) is 44.6 Å². The average molecular weight is 378 g/mol. The predicted octanol–water partition coefficient (Wildman–Crippen LogP) is 6.11. The number of carbonyl (C=O) groups is 1. The van der Waals surface area contributed by atoms with Crippen molar-refractivity contribution >= 4 is 11.7 Å². The molecule has 27 heavy (non-hydrogen) atoms. The van der Waals surface area contributed by atoms with Crippen molar-refractivity contribution in [2.45, 2.75) is 45.6 Å². The molecule has 0 spiro atoms. The number of nitrogens with one attached hydrogen (secondary N) is 1. The van der Waals surface area contributed by atoms with Gasteiger partial charge in [0.15, 0.2) is 11.6 Å². The van der Waals surface area contributed by atoms with Crippen LogP contribution in [0.3, 0.4) is 0 Å². The number of hydrogen-bond donors (Lipinski definition) is 1. The maximum atomic E-state index is 13.8. The van der Waals surface area contributed by atoms with Crippen LogP contribution in [0.25, 0.3) is 0 Å². The molecule has 0 aliphatic rings. The first-order valence-electron chi connectivity index (χ1n) is 9.25. The second-order valence-electron chi connectivity index (χ2n) is 6.50. The van der Waals surface area contributed by atoms with Gasteiger partial charge in [-0.15, -0.1) is 0 Å². The molecule has 0 heterocycles. The fraction of sp³-hybridized carbons (Fsp3) is 0.381. The Morgan fingerprint density at radius 2 is 1.59 bits per heavy atom. The summed E-state index contributed by atoms with van der Waals surface area (Å²) >= 11 is 0. The van der Waals surface area contributed by atoms with Crippen molar-refractivity contribution in [1.29, 1.82) is 0 Å². The van der Waals surface area contributed by atoms with Crippen molar-refractivity contribution < 1.29 is 18.0 Å². The molecule has 6 heteroatoms. The fourth-order valence-corrected chi connectivity index (χ4v) is 2.81. The van der Waals surface area contributed by atoms with E-state index in [0.717, 1.165) is 37.7 Å². The van der Waals surface area contributed by atoms with E-state index in [1.54, 1.807) is 0 Å². The third-order valence-corrected chi connectivity index (χ3v) is 4.27. The van der Waals surface area contributed by atoms with Gasteiger partial charge in [0, 0.05) is 25.2 Å². The molecule has 0 aromatic heterocycles. The van der Waals surface area contributed by atoms with Crippen molar-refractivity contribution in [3.05, 3.63) is 65.5 Å². The third-order valence-electron chi connectivity index (χ3n) is 4.27. The first-order chi connectivity index (χ1) is 13.0. The summed E-state index contributed by atoms with van der Waals surface area (Å²) in [5, 5.41) is 2.25. The minimum Gasteiger partial charge on any atom is -0.320 e. The topological polar surface area (TPSA) is 32.3 Å². The smallest absolute Gasteiger partial charge is 0.320 e. The Kier molecular flexibility index (Phi) is 8.17. The molecule has 146 valence electrons. The number of benzene rings is 2. The van der Waals surface area contributed by atoms with Crippen LogP contribution in [-0.4, -0.2) is 17.5 Å². The van der Waals surface area contributed by atoms with Gasteiger partial charge in [-0.3, -0.25) is 0 Å². The molecule has 2 rings (SSSR count). The lowest BCUT2D eigenvalue weighted by atomic mass is 10.1. The molecule has 0 aliphatic carbocycles. The van der Waals surface area contributed by atoms with Crippen LogP contribution in [0.4, 0.5) is 23.7 Å². The zero-order chi connectivity index (χ0) is 19.6. The highest BCUT2D eigenvalue weighted by Crippen LogP contribution is 2.21. The number of nitrogens with zero attached hydrogens (tertiary/aromatic N) is 1. The van der Waals surface area contributed by atoms with Crippen molar-refractivity contribution in [2.75, 3.05) is 11.9 Å². The SMILES string of the molecule is CCCCCCCN(Cc1ccccc1)C(=O)Nc1c(F)cc(F)cc1F. The highest BCUT2D eigenvalue weighted by atomic mass is 19.1. The van der Waals surface area contributed by atoms with E-state index in [1.807, 2.05) is 30.3 Å². The van der Waals surface area contributed by atoms with Crippen LogP contribution in [0, 0.1) is 17.5 Å². The average Bonchev–Trinajstić information content (AvgIpc) is 2.64. The lowest BCUT2D eigenvalue weighted by Crippen LogP contribution is -2.35. The first kappa shape index (κ1) is 20.8. The molecule has 2 amide bonds. The maximum absolute atomic E-state index is 13.8. The van der Waals surface area contributed by atoms with Gasteiger partial charge in [0.05, 0.1) is 0 Å². The van der Waals surface area contributed by atoms with Crippen molar-refractivity contribution in [2.24, 2.45) is 0 Å². The number of carbonyl (C=O) groups excluding carboxylic acids is 1. The normalized spacial score (nSPS) is 10.7. The highest BCUT2D eigenvalue weighted by Gasteiger charge is 2.19. The van der Waals surface area contributed by atoms with E-state index < -0.39 is 29.2 Å². The molecule has 2 aromatic carbocycles. The molecule has 0 atom stereocenters. The van der Waals surface area contributed by atoms with E-state index in [2.05, 4.69) is 12.2 Å². The monoisotopic (exact) mass is 378 g/mol. The van der Waals surface area contributed by atoms with E-state index in [0.29, 0.717) is 25.2 Å². The predicted molar refractivity (Wildman–Crippen MR) is 101 cm³/mol.